The van der Waals surface area contributed by atoms with Gasteiger partial charge >= 0.3 is 11.9 Å². The first-order valence-electron chi connectivity index (χ1n) is 9.40. The lowest BCUT2D eigenvalue weighted by Gasteiger charge is -2.36. The van der Waals surface area contributed by atoms with Crippen molar-refractivity contribution >= 4 is 45.0 Å². The van der Waals surface area contributed by atoms with Crippen LogP contribution >= 0.6 is 22.9 Å². The number of esters is 2. The maximum Gasteiger partial charge on any atom is 0.350 e. The molecule has 0 radical (unpaired) electrons. The lowest BCUT2D eigenvalue weighted by Crippen LogP contribution is -2.36. The molecule has 3 rings (SSSR count). The maximum absolute atomic E-state index is 12.4. The molecule has 1 aromatic carbocycles. The molecule has 1 fully saturated rings. The van der Waals surface area contributed by atoms with E-state index in [1.165, 1.54) is 11.3 Å². The number of hydrogen-bond donors (Lipinski definition) is 0. The molecule has 1 aliphatic carbocycles. The molecule has 1 saturated carbocycles. The Morgan fingerprint density at radius 2 is 2.00 bits per heavy atom. The number of carbonyl (C=O) groups is 2. The van der Waals surface area contributed by atoms with Crippen molar-refractivity contribution in [3.05, 3.63) is 34.2 Å². The average Bonchev–Trinajstić information content (AvgIpc) is 2.97. The number of benzene rings is 1. The van der Waals surface area contributed by atoms with Crippen LogP contribution in [0.2, 0.25) is 5.02 Å². The van der Waals surface area contributed by atoms with Crippen LogP contribution in [-0.4, -0.2) is 24.6 Å². The van der Waals surface area contributed by atoms with Gasteiger partial charge in [-0.3, -0.25) is 0 Å². The Kier molecular flexibility index (Phi) is 6.43. The normalized spacial score (nSPS) is 22.8. The van der Waals surface area contributed by atoms with Gasteiger partial charge in [0, 0.05) is 10.1 Å². The Morgan fingerprint density at radius 3 is 2.70 bits per heavy atom. The van der Waals surface area contributed by atoms with E-state index in [1.54, 1.807) is 0 Å². The summed E-state index contributed by atoms with van der Waals surface area (Å²) in [6.07, 6.45) is 2.99. The van der Waals surface area contributed by atoms with Crippen LogP contribution in [0, 0.1) is 17.8 Å². The standard InChI is InChI=1S/C21H25ClO4S/c1-12(2)14-9-8-13(3)10-16(14)26-18(23)11-25-21(24)20-19(22)15-6-4-5-7-17(15)27-20/h4-7,12-14,16H,8-11H2,1-3H3/t13-,14-,16+/m0/s1. The number of hydrogen-bond acceptors (Lipinski definition) is 5. The zero-order valence-electron chi connectivity index (χ0n) is 15.9. The van der Waals surface area contributed by atoms with Crippen LogP contribution in [0.4, 0.5) is 0 Å². The van der Waals surface area contributed by atoms with Gasteiger partial charge in [-0.25, -0.2) is 9.59 Å². The largest absolute Gasteiger partial charge is 0.460 e. The summed E-state index contributed by atoms with van der Waals surface area (Å²) in [4.78, 5) is 24.9. The average molecular weight is 409 g/mol. The van der Waals surface area contributed by atoms with Gasteiger partial charge in [-0.2, -0.15) is 0 Å². The number of thiophene rings is 1. The SMILES string of the molecule is CC(C)[C@@H]1CC[C@H](C)C[C@H]1OC(=O)COC(=O)c1sc2ccccc2c1Cl. The van der Waals surface area contributed by atoms with Crippen LogP contribution in [0.3, 0.4) is 0 Å². The van der Waals surface area contributed by atoms with Gasteiger partial charge in [0.25, 0.3) is 0 Å². The van der Waals surface area contributed by atoms with Crippen LogP contribution in [0.25, 0.3) is 10.1 Å². The summed E-state index contributed by atoms with van der Waals surface area (Å²) in [7, 11) is 0. The van der Waals surface area contributed by atoms with E-state index in [0.29, 0.717) is 27.7 Å². The molecule has 0 unspecified atom stereocenters. The van der Waals surface area contributed by atoms with Crippen LogP contribution in [0.1, 0.15) is 49.7 Å². The Hall–Kier alpha value is -1.59. The van der Waals surface area contributed by atoms with Gasteiger partial charge in [-0.15, -0.1) is 11.3 Å². The molecule has 0 saturated heterocycles. The summed E-state index contributed by atoms with van der Waals surface area (Å²) in [5.74, 6) is 0.270. The summed E-state index contributed by atoms with van der Waals surface area (Å²) >= 11 is 7.55. The first-order valence-corrected chi connectivity index (χ1v) is 10.6. The van der Waals surface area contributed by atoms with Crippen molar-refractivity contribution in [1.82, 2.24) is 0 Å². The summed E-state index contributed by atoms with van der Waals surface area (Å²) in [6, 6.07) is 7.50. The molecule has 0 spiro atoms. The minimum absolute atomic E-state index is 0.104. The summed E-state index contributed by atoms with van der Waals surface area (Å²) in [5.41, 5.74) is 0. The van der Waals surface area contributed by atoms with E-state index >= 15 is 0 Å². The fourth-order valence-corrected chi connectivity index (χ4v) is 5.19. The number of ether oxygens (including phenoxy) is 2. The predicted octanol–water partition coefficient (Wildman–Crippen LogP) is 5.72. The molecule has 1 aromatic heterocycles. The van der Waals surface area contributed by atoms with E-state index in [9.17, 15) is 9.59 Å². The molecular formula is C21H25ClO4S. The summed E-state index contributed by atoms with van der Waals surface area (Å²) in [5, 5.41) is 1.18. The summed E-state index contributed by atoms with van der Waals surface area (Å²) < 4.78 is 11.8. The lowest BCUT2D eigenvalue weighted by molar-refractivity contribution is -0.159. The van der Waals surface area contributed by atoms with Crippen molar-refractivity contribution < 1.29 is 19.1 Å². The zero-order valence-corrected chi connectivity index (χ0v) is 17.4. The summed E-state index contributed by atoms with van der Waals surface area (Å²) in [6.45, 7) is 6.11. The van der Waals surface area contributed by atoms with Crippen LogP contribution in [0.15, 0.2) is 24.3 Å². The zero-order chi connectivity index (χ0) is 19.6. The van der Waals surface area contributed by atoms with E-state index in [1.807, 2.05) is 24.3 Å². The molecule has 3 atom stereocenters. The maximum atomic E-state index is 12.4. The minimum Gasteiger partial charge on any atom is -0.460 e. The molecule has 1 aliphatic rings. The van der Waals surface area contributed by atoms with Crippen molar-refractivity contribution in [1.29, 1.82) is 0 Å². The molecule has 0 N–H and O–H groups in total. The molecule has 1 heterocycles. The quantitative estimate of drug-likeness (QED) is 0.594. The van der Waals surface area contributed by atoms with Crippen molar-refractivity contribution in [3.63, 3.8) is 0 Å². The van der Waals surface area contributed by atoms with Gasteiger partial charge in [-0.1, -0.05) is 57.0 Å². The Balaban J connectivity index is 1.59. The Labute approximate surface area is 168 Å². The number of fused-ring (bicyclic) bond motifs is 1. The van der Waals surface area contributed by atoms with E-state index in [-0.39, 0.29) is 12.7 Å². The molecule has 4 nitrogen and oxygen atoms in total. The third kappa shape index (κ3) is 4.64. The highest BCUT2D eigenvalue weighted by atomic mass is 35.5. The van der Waals surface area contributed by atoms with Crippen molar-refractivity contribution in [2.45, 2.75) is 46.1 Å². The van der Waals surface area contributed by atoms with Crippen molar-refractivity contribution in [3.8, 4) is 0 Å². The van der Waals surface area contributed by atoms with Gasteiger partial charge in [0.2, 0.25) is 0 Å². The molecule has 6 heteroatoms. The molecule has 0 aliphatic heterocycles. The smallest absolute Gasteiger partial charge is 0.350 e. The van der Waals surface area contributed by atoms with Gasteiger partial charge < -0.3 is 9.47 Å². The van der Waals surface area contributed by atoms with E-state index in [4.69, 9.17) is 21.1 Å². The molecule has 27 heavy (non-hydrogen) atoms. The minimum atomic E-state index is -0.587. The Bertz CT molecular complexity index is 829. The first kappa shape index (κ1) is 20.2. The van der Waals surface area contributed by atoms with Crippen LogP contribution < -0.4 is 0 Å². The molecule has 146 valence electrons. The van der Waals surface area contributed by atoms with Gasteiger partial charge in [-0.05, 0) is 36.7 Å². The van der Waals surface area contributed by atoms with Gasteiger partial charge in [0.05, 0.1) is 5.02 Å². The number of halogens is 1. The third-order valence-corrected chi connectivity index (χ3v) is 6.94. The highest BCUT2D eigenvalue weighted by Gasteiger charge is 2.33. The number of carbonyl (C=O) groups excluding carboxylic acids is 2. The topological polar surface area (TPSA) is 52.6 Å². The second kappa shape index (κ2) is 8.61. The van der Waals surface area contributed by atoms with Crippen LogP contribution in [-0.2, 0) is 14.3 Å². The highest BCUT2D eigenvalue weighted by Crippen LogP contribution is 2.36. The highest BCUT2D eigenvalue weighted by molar-refractivity contribution is 7.21. The Morgan fingerprint density at radius 1 is 1.26 bits per heavy atom. The van der Waals surface area contributed by atoms with Crippen molar-refractivity contribution in [2.24, 2.45) is 17.8 Å². The number of rotatable bonds is 5. The monoisotopic (exact) mass is 408 g/mol. The predicted molar refractivity (Wildman–Crippen MR) is 108 cm³/mol. The van der Waals surface area contributed by atoms with Crippen molar-refractivity contribution in [2.75, 3.05) is 6.61 Å². The molecule has 0 amide bonds. The fraction of sp³-hybridized carbons (Fsp3) is 0.524. The second-order valence-electron chi connectivity index (χ2n) is 7.67. The van der Waals surface area contributed by atoms with E-state index in [0.717, 1.165) is 29.3 Å². The van der Waals surface area contributed by atoms with Gasteiger partial charge in [0.1, 0.15) is 11.0 Å². The third-order valence-electron chi connectivity index (χ3n) is 5.29. The second-order valence-corrected chi connectivity index (χ2v) is 9.10. The van der Waals surface area contributed by atoms with E-state index in [2.05, 4.69) is 20.8 Å². The van der Waals surface area contributed by atoms with Gasteiger partial charge in [0.15, 0.2) is 6.61 Å². The molecule has 2 aromatic rings. The van der Waals surface area contributed by atoms with E-state index < -0.39 is 11.9 Å². The molecule has 0 bridgehead atoms. The van der Waals surface area contributed by atoms with Crippen LogP contribution in [0.5, 0.6) is 0 Å². The lowest BCUT2D eigenvalue weighted by atomic mass is 9.75. The first-order chi connectivity index (χ1) is 12.9. The molecular weight excluding hydrogens is 384 g/mol. The fourth-order valence-electron chi connectivity index (χ4n) is 3.79.